The Balaban J connectivity index is 0.00000242. The summed E-state index contributed by atoms with van der Waals surface area (Å²) in [5.41, 5.74) is 0. The second kappa shape index (κ2) is 10.1. The number of carbonyl (C=O) groups excluding carboxylic acids is 2. The first-order valence-corrected chi connectivity index (χ1v) is 8.43. The first-order valence-electron chi connectivity index (χ1n) is 8.43. The molecular formula is C16H30ClN3O2. The van der Waals surface area contributed by atoms with Crippen LogP contribution in [0.3, 0.4) is 0 Å². The Morgan fingerprint density at radius 2 is 1.91 bits per heavy atom. The number of amides is 2. The zero-order chi connectivity index (χ0) is 15.1. The zero-order valence-corrected chi connectivity index (χ0v) is 14.3. The van der Waals surface area contributed by atoms with Crippen molar-refractivity contribution in [3.05, 3.63) is 0 Å². The van der Waals surface area contributed by atoms with Crippen molar-refractivity contribution in [3.63, 3.8) is 0 Å². The highest BCUT2D eigenvalue weighted by Crippen LogP contribution is 2.24. The summed E-state index contributed by atoms with van der Waals surface area (Å²) in [5, 5.41) is 9.32. The number of carbonyl (C=O) groups is 2. The Bertz CT molecular complexity index is 353. The molecule has 1 aliphatic heterocycles. The van der Waals surface area contributed by atoms with Gasteiger partial charge in [0.05, 0.1) is 0 Å². The molecule has 3 N–H and O–H groups in total. The molecular weight excluding hydrogens is 302 g/mol. The van der Waals surface area contributed by atoms with Crippen molar-refractivity contribution in [2.24, 2.45) is 11.8 Å². The van der Waals surface area contributed by atoms with Crippen molar-refractivity contribution in [2.45, 2.75) is 57.9 Å². The molecule has 0 spiro atoms. The molecule has 2 atom stereocenters. The summed E-state index contributed by atoms with van der Waals surface area (Å²) in [4.78, 5) is 23.9. The molecule has 128 valence electrons. The van der Waals surface area contributed by atoms with E-state index in [4.69, 9.17) is 0 Å². The van der Waals surface area contributed by atoms with Gasteiger partial charge in [0.25, 0.3) is 0 Å². The van der Waals surface area contributed by atoms with Gasteiger partial charge in [-0.05, 0) is 51.6 Å². The van der Waals surface area contributed by atoms with Crippen molar-refractivity contribution in [1.82, 2.24) is 16.0 Å². The van der Waals surface area contributed by atoms with E-state index in [2.05, 4.69) is 16.0 Å². The fourth-order valence-corrected chi connectivity index (χ4v) is 3.31. The molecule has 22 heavy (non-hydrogen) atoms. The number of halogens is 1. The highest BCUT2D eigenvalue weighted by Gasteiger charge is 2.24. The van der Waals surface area contributed by atoms with Gasteiger partial charge in [0, 0.05) is 24.9 Å². The molecule has 2 unspecified atom stereocenters. The number of rotatable bonds is 6. The van der Waals surface area contributed by atoms with Crippen LogP contribution < -0.4 is 16.0 Å². The molecule has 2 aliphatic rings. The molecule has 1 heterocycles. The van der Waals surface area contributed by atoms with Crippen molar-refractivity contribution in [2.75, 3.05) is 19.6 Å². The predicted molar refractivity (Wildman–Crippen MR) is 90.0 cm³/mol. The van der Waals surface area contributed by atoms with Gasteiger partial charge in [0.2, 0.25) is 11.8 Å². The number of hydrogen-bond acceptors (Lipinski definition) is 3. The molecule has 2 rings (SSSR count). The van der Waals surface area contributed by atoms with Gasteiger partial charge in [-0.25, -0.2) is 0 Å². The molecule has 1 saturated heterocycles. The third-order valence-electron chi connectivity index (χ3n) is 4.59. The van der Waals surface area contributed by atoms with Crippen LogP contribution in [0.25, 0.3) is 0 Å². The lowest BCUT2D eigenvalue weighted by atomic mass is 10.00. The lowest BCUT2D eigenvalue weighted by molar-refractivity contribution is -0.126. The summed E-state index contributed by atoms with van der Waals surface area (Å²) < 4.78 is 0. The van der Waals surface area contributed by atoms with Crippen LogP contribution in [-0.2, 0) is 9.59 Å². The smallest absolute Gasteiger partial charge is 0.223 e. The highest BCUT2D eigenvalue weighted by molar-refractivity contribution is 5.85. The van der Waals surface area contributed by atoms with Crippen LogP contribution in [0.2, 0.25) is 0 Å². The molecule has 2 fully saturated rings. The molecule has 6 heteroatoms. The lowest BCUT2D eigenvalue weighted by Crippen LogP contribution is -2.42. The normalized spacial score (nSPS) is 23.4. The minimum absolute atomic E-state index is 0. The highest BCUT2D eigenvalue weighted by atomic mass is 35.5. The summed E-state index contributed by atoms with van der Waals surface area (Å²) in [6.45, 7) is 4.74. The summed E-state index contributed by atoms with van der Waals surface area (Å²) in [6, 6.07) is -0.0809. The quantitative estimate of drug-likeness (QED) is 0.692. The second-order valence-corrected chi connectivity index (χ2v) is 6.61. The van der Waals surface area contributed by atoms with Crippen LogP contribution in [0.4, 0.5) is 0 Å². The Morgan fingerprint density at radius 1 is 1.18 bits per heavy atom. The van der Waals surface area contributed by atoms with Crippen LogP contribution in [0.5, 0.6) is 0 Å². The Hall–Kier alpha value is -0.810. The monoisotopic (exact) mass is 331 g/mol. The summed E-state index contributed by atoms with van der Waals surface area (Å²) in [5.74, 6) is 0.888. The Kier molecular flexibility index (Phi) is 8.79. The molecule has 0 radical (unpaired) electrons. The maximum absolute atomic E-state index is 12.0. The maximum Gasteiger partial charge on any atom is 0.223 e. The van der Waals surface area contributed by atoms with Gasteiger partial charge in [-0.1, -0.05) is 12.8 Å². The van der Waals surface area contributed by atoms with Gasteiger partial charge in [0.1, 0.15) is 0 Å². The van der Waals surface area contributed by atoms with Crippen LogP contribution in [0.15, 0.2) is 0 Å². The van der Waals surface area contributed by atoms with Gasteiger partial charge >= 0.3 is 0 Å². The van der Waals surface area contributed by atoms with Crippen molar-refractivity contribution >= 4 is 24.2 Å². The van der Waals surface area contributed by atoms with Gasteiger partial charge in [0.15, 0.2) is 0 Å². The molecule has 2 amide bonds. The van der Waals surface area contributed by atoms with Crippen molar-refractivity contribution < 1.29 is 9.59 Å². The molecule has 1 aliphatic carbocycles. The van der Waals surface area contributed by atoms with Gasteiger partial charge < -0.3 is 16.0 Å². The zero-order valence-electron chi connectivity index (χ0n) is 13.5. The SMILES string of the molecule is CC(CC(=O)NCC1CCCNC1)NC(=O)C1CCCC1.Cl. The second-order valence-electron chi connectivity index (χ2n) is 6.61. The van der Waals surface area contributed by atoms with E-state index in [1.165, 1.54) is 12.8 Å². The fraction of sp³-hybridized carbons (Fsp3) is 0.875. The van der Waals surface area contributed by atoms with E-state index >= 15 is 0 Å². The molecule has 5 nitrogen and oxygen atoms in total. The van der Waals surface area contributed by atoms with E-state index in [1.807, 2.05) is 6.92 Å². The lowest BCUT2D eigenvalue weighted by Gasteiger charge is -2.23. The number of piperidine rings is 1. The summed E-state index contributed by atoms with van der Waals surface area (Å²) in [7, 11) is 0. The van der Waals surface area contributed by atoms with Crippen molar-refractivity contribution in [1.29, 1.82) is 0 Å². The molecule has 0 bridgehead atoms. The van der Waals surface area contributed by atoms with Crippen LogP contribution >= 0.6 is 12.4 Å². The Morgan fingerprint density at radius 3 is 2.55 bits per heavy atom. The first-order chi connectivity index (χ1) is 10.1. The topological polar surface area (TPSA) is 70.2 Å². The largest absolute Gasteiger partial charge is 0.356 e. The third kappa shape index (κ3) is 6.53. The minimum atomic E-state index is -0.0809. The summed E-state index contributed by atoms with van der Waals surface area (Å²) in [6.07, 6.45) is 7.05. The van der Waals surface area contributed by atoms with E-state index in [0.717, 1.165) is 45.3 Å². The van der Waals surface area contributed by atoms with Crippen LogP contribution in [0, 0.1) is 11.8 Å². The molecule has 1 saturated carbocycles. The predicted octanol–water partition coefficient (Wildman–Crippen LogP) is 1.61. The first kappa shape index (κ1) is 19.2. The van der Waals surface area contributed by atoms with E-state index in [1.54, 1.807) is 0 Å². The minimum Gasteiger partial charge on any atom is -0.356 e. The standard InChI is InChI=1S/C16H29N3O2.ClH/c1-12(19-16(21)14-6-2-3-7-14)9-15(20)18-11-13-5-4-8-17-10-13;/h12-14,17H,2-11H2,1H3,(H,18,20)(H,19,21);1H. The third-order valence-corrected chi connectivity index (χ3v) is 4.59. The maximum atomic E-state index is 12.0. The average molecular weight is 332 g/mol. The van der Waals surface area contributed by atoms with E-state index in [9.17, 15) is 9.59 Å². The van der Waals surface area contributed by atoms with E-state index < -0.39 is 0 Å². The molecule has 0 aromatic rings. The number of nitrogens with one attached hydrogen (secondary N) is 3. The fourth-order valence-electron chi connectivity index (χ4n) is 3.31. The Labute approximate surface area is 139 Å². The van der Waals surface area contributed by atoms with Gasteiger partial charge in [-0.3, -0.25) is 9.59 Å². The van der Waals surface area contributed by atoms with E-state index in [-0.39, 0.29) is 36.2 Å². The molecule has 0 aromatic heterocycles. The van der Waals surface area contributed by atoms with Crippen molar-refractivity contribution in [3.8, 4) is 0 Å². The van der Waals surface area contributed by atoms with Crippen LogP contribution in [0.1, 0.15) is 51.9 Å². The van der Waals surface area contributed by atoms with E-state index in [0.29, 0.717) is 12.3 Å². The number of hydrogen-bond donors (Lipinski definition) is 3. The van der Waals surface area contributed by atoms with Gasteiger partial charge in [-0.15, -0.1) is 12.4 Å². The molecule has 0 aromatic carbocycles. The summed E-state index contributed by atoms with van der Waals surface area (Å²) >= 11 is 0. The van der Waals surface area contributed by atoms with Gasteiger partial charge in [-0.2, -0.15) is 0 Å². The van der Waals surface area contributed by atoms with Crippen LogP contribution in [-0.4, -0.2) is 37.5 Å². The average Bonchev–Trinajstić information content (AvgIpc) is 3.00.